The molecular weight excluding hydrogens is 655 g/mol. The number of halogens is 2. The molecule has 0 amide bonds. The van der Waals surface area contributed by atoms with Crippen LogP contribution in [0.2, 0.25) is 0 Å². The van der Waals surface area contributed by atoms with Gasteiger partial charge in [-0.3, -0.25) is 0 Å². The first kappa shape index (κ1) is 36.0. The molecule has 0 aromatic heterocycles. The second-order valence-corrected chi connectivity index (χ2v) is 13.7. The molecular formula is C41H41Cl2Zr. The topological polar surface area (TPSA) is 0 Å². The zero-order valence-electron chi connectivity index (χ0n) is 26.7. The van der Waals surface area contributed by atoms with Crippen molar-refractivity contribution < 1.29 is 51.0 Å². The molecule has 0 bridgehead atoms. The van der Waals surface area contributed by atoms with Crippen LogP contribution in [-0.4, -0.2) is 0 Å². The number of allylic oxidation sites excluding steroid dienone is 4. The van der Waals surface area contributed by atoms with Crippen molar-refractivity contribution in [3.63, 3.8) is 0 Å². The van der Waals surface area contributed by atoms with Gasteiger partial charge in [0.05, 0.1) is 0 Å². The molecule has 4 aromatic carbocycles. The van der Waals surface area contributed by atoms with Gasteiger partial charge in [0.2, 0.25) is 0 Å². The van der Waals surface area contributed by atoms with Gasteiger partial charge >= 0.3 is 26.2 Å². The van der Waals surface area contributed by atoms with Gasteiger partial charge < -0.3 is 24.8 Å². The van der Waals surface area contributed by atoms with Gasteiger partial charge in [0.15, 0.2) is 0 Å². The Labute approximate surface area is 295 Å². The minimum Gasteiger partial charge on any atom is -1.00 e. The van der Waals surface area contributed by atoms with E-state index in [0.29, 0.717) is 0 Å². The van der Waals surface area contributed by atoms with Crippen LogP contribution in [0, 0.1) is 10.4 Å². The molecule has 4 aromatic rings. The first-order valence-electron chi connectivity index (χ1n) is 15.0. The molecule has 2 aliphatic rings. The van der Waals surface area contributed by atoms with E-state index >= 15 is 0 Å². The van der Waals surface area contributed by atoms with Gasteiger partial charge in [-0.2, -0.15) is 0 Å². The van der Waals surface area contributed by atoms with Gasteiger partial charge in [-0.05, 0) is 52.0 Å². The molecule has 0 spiro atoms. The summed E-state index contributed by atoms with van der Waals surface area (Å²) in [5, 5.41) is 5.30. The molecule has 2 aliphatic carbocycles. The maximum atomic E-state index is 3.92. The van der Waals surface area contributed by atoms with E-state index in [0.717, 1.165) is 19.3 Å². The van der Waals surface area contributed by atoms with Gasteiger partial charge in [-0.1, -0.05) is 161 Å². The summed E-state index contributed by atoms with van der Waals surface area (Å²) in [6.07, 6.45) is 13.6. The van der Waals surface area contributed by atoms with Crippen LogP contribution >= 0.6 is 0 Å². The Morgan fingerprint density at radius 3 is 1.80 bits per heavy atom. The number of hydrogen-bond acceptors (Lipinski definition) is 0. The van der Waals surface area contributed by atoms with Crippen LogP contribution in [0.4, 0.5) is 0 Å². The Morgan fingerprint density at radius 1 is 0.705 bits per heavy atom. The molecule has 3 heteroatoms. The first-order valence-corrected chi connectivity index (χ1v) is 15.0. The summed E-state index contributed by atoms with van der Waals surface area (Å²) in [6, 6.07) is 31.5. The Kier molecular flexibility index (Phi) is 11.7. The number of fused-ring (bicyclic) bond motifs is 2. The van der Waals surface area contributed by atoms with Gasteiger partial charge in [-0.25, -0.2) is 0 Å². The van der Waals surface area contributed by atoms with Crippen molar-refractivity contribution in [2.75, 3.05) is 0 Å². The van der Waals surface area contributed by atoms with Crippen molar-refractivity contribution in [3.8, 4) is 0 Å². The Morgan fingerprint density at radius 2 is 1.30 bits per heavy atom. The van der Waals surface area contributed by atoms with Crippen molar-refractivity contribution >= 4 is 17.2 Å². The van der Waals surface area contributed by atoms with E-state index in [-0.39, 0.29) is 61.8 Å². The van der Waals surface area contributed by atoms with Gasteiger partial charge in [0.25, 0.3) is 0 Å². The predicted molar refractivity (Wildman–Crippen MR) is 175 cm³/mol. The molecule has 0 fully saturated rings. The molecule has 44 heavy (non-hydrogen) atoms. The van der Waals surface area contributed by atoms with Crippen molar-refractivity contribution in [1.29, 1.82) is 0 Å². The fourth-order valence-corrected chi connectivity index (χ4v) is 6.34. The van der Waals surface area contributed by atoms with Crippen molar-refractivity contribution in [1.82, 2.24) is 0 Å². The quantitative estimate of drug-likeness (QED) is 0.248. The summed E-state index contributed by atoms with van der Waals surface area (Å²) in [5.74, 6) is 0. The monoisotopic (exact) mass is 693 g/mol. The predicted octanol–water partition coefficient (Wildman–Crippen LogP) is 2.57. The minimum atomic E-state index is -0.0330. The third-order valence-corrected chi connectivity index (χ3v) is 8.54. The smallest absolute Gasteiger partial charge is 1.00 e. The fraction of sp³-hybridized carbons (Fsp3) is 0.268. The number of hydrogen-bond donors (Lipinski definition) is 0. The molecule has 0 saturated heterocycles. The zero-order valence-corrected chi connectivity index (χ0v) is 30.7. The van der Waals surface area contributed by atoms with Crippen LogP contribution in [0.3, 0.4) is 0 Å². The van der Waals surface area contributed by atoms with Crippen LogP contribution in [0.1, 0.15) is 81.3 Å². The van der Waals surface area contributed by atoms with Crippen LogP contribution in [0.5, 0.6) is 0 Å². The molecule has 0 atom stereocenters. The number of benzene rings is 4. The third-order valence-electron chi connectivity index (χ3n) is 8.54. The fourth-order valence-electron chi connectivity index (χ4n) is 6.34. The average molecular weight is 696 g/mol. The molecule has 0 aliphatic heterocycles. The van der Waals surface area contributed by atoms with E-state index in [4.69, 9.17) is 0 Å². The summed E-state index contributed by atoms with van der Waals surface area (Å²) in [7, 11) is 0. The second-order valence-electron chi connectivity index (χ2n) is 13.7. The van der Waals surface area contributed by atoms with Gasteiger partial charge in [-0.15, -0.1) is 33.4 Å². The summed E-state index contributed by atoms with van der Waals surface area (Å²) in [4.78, 5) is 0. The van der Waals surface area contributed by atoms with Crippen LogP contribution in [-0.2, 0) is 49.9 Å². The molecule has 0 N–H and O–H groups in total. The van der Waals surface area contributed by atoms with E-state index in [2.05, 4.69) is 151 Å². The molecule has 1 radical (unpaired) electrons. The zero-order chi connectivity index (χ0) is 28.8. The SMILES string of the molecule is CC(C)(C)c1ccc2c(c1)=c1cc(C(C)(C)C)c(=C(Cc3ccccc3)Cc3ccccc3)c(C3=CC=CC3)c1[C-]=2.[Cl-].[Cl-].[Zr+3]. The first-order chi connectivity index (χ1) is 19.6. The summed E-state index contributed by atoms with van der Waals surface area (Å²) >= 11 is 0. The molecule has 6 rings (SSSR count). The normalized spacial score (nSPS) is 13.0. The Balaban J connectivity index is 0.00000176. The van der Waals surface area contributed by atoms with E-state index in [1.165, 1.54) is 65.4 Å². The van der Waals surface area contributed by atoms with Gasteiger partial charge in [0.1, 0.15) is 0 Å². The van der Waals surface area contributed by atoms with Gasteiger partial charge in [0, 0.05) is 0 Å². The third kappa shape index (κ3) is 7.33. The maximum absolute atomic E-state index is 3.92. The van der Waals surface area contributed by atoms with Crippen molar-refractivity contribution in [3.05, 3.63) is 157 Å². The van der Waals surface area contributed by atoms with Crippen LogP contribution in [0.15, 0.2) is 103 Å². The van der Waals surface area contributed by atoms with E-state index in [9.17, 15) is 0 Å². The van der Waals surface area contributed by atoms with Crippen LogP contribution in [0.25, 0.3) is 17.2 Å². The standard InChI is InChI=1S/C41H41.2ClH.Zr/c1-40(2,3)33-22-21-31-25-36-35(34(31)26-33)27-37(41(4,5)6)39(38(36)30-19-13-14-20-30)32(23-28-15-9-7-10-16-28)24-29-17-11-8-12-18-29;;;/h7-19,21-22,26-27H,20,23-24H2,1-6H3;2*1H;/q-1;;;+3/p-2. The van der Waals surface area contributed by atoms with E-state index < -0.39 is 0 Å². The number of rotatable bonds is 5. The average Bonchev–Trinajstić information content (AvgIpc) is 3.60. The van der Waals surface area contributed by atoms with Crippen molar-refractivity contribution in [2.24, 2.45) is 0 Å². The molecule has 0 unspecified atom stereocenters. The van der Waals surface area contributed by atoms with Crippen molar-refractivity contribution in [2.45, 2.75) is 71.6 Å². The van der Waals surface area contributed by atoms with E-state index in [1.54, 1.807) is 0 Å². The Bertz CT molecular complexity index is 1860. The summed E-state index contributed by atoms with van der Waals surface area (Å²) < 4.78 is 0. The molecule has 223 valence electrons. The summed E-state index contributed by atoms with van der Waals surface area (Å²) in [5.41, 5.74) is 11.1. The second kappa shape index (κ2) is 14.3. The molecule has 0 saturated carbocycles. The summed E-state index contributed by atoms with van der Waals surface area (Å²) in [6.45, 7) is 14.0. The Hall–Kier alpha value is -2.44. The van der Waals surface area contributed by atoms with Crippen LogP contribution < -0.4 is 35.3 Å². The minimum absolute atomic E-state index is 0. The molecule has 0 heterocycles. The van der Waals surface area contributed by atoms with E-state index in [1.807, 2.05) is 0 Å². The largest absolute Gasteiger partial charge is 3.00 e. The maximum Gasteiger partial charge on any atom is 3.00 e. The molecule has 0 nitrogen and oxygen atoms in total.